The average molecular weight is 366 g/mol. The van der Waals surface area contributed by atoms with Gasteiger partial charge in [0, 0.05) is 24.1 Å². The van der Waals surface area contributed by atoms with E-state index in [2.05, 4.69) is 10.6 Å². The maximum Gasteiger partial charge on any atom is 0.311 e. The summed E-state index contributed by atoms with van der Waals surface area (Å²) in [5, 5.41) is 14.5. The van der Waals surface area contributed by atoms with E-state index in [0.29, 0.717) is 18.5 Å². The minimum Gasteiger partial charge on any atom is -0.481 e. The van der Waals surface area contributed by atoms with Gasteiger partial charge in [0.15, 0.2) is 0 Å². The summed E-state index contributed by atoms with van der Waals surface area (Å²) in [6, 6.07) is 7.22. The molecule has 6 nitrogen and oxygen atoms in total. The van der Waals surface area contributed by atoms with Crippen LogP contribution < -0.4 is 10.6 Å². The van der Waals surface area contributed by atoms with Crippen LogP contribution in [0.4, 0.5) is 5.69 Å². The molecule has 138 valence electrons. The summed E-state index contributed by atoms with van der Waals surface area (Å²) < 4.78 is 0. The summed E-state index contributed by atoms with van der Waals surface area (Å²) in [6.45, 7) is 6.98. The van der Waals surface area contributed by atoms with Gasteiger partial charge in [-0.25, -0.2) is 0 Å². The molecule has 7 heteroatoms. The van der Waals surface area contributed by atoms with E-state index in [4.69, 9.17) is 0 Å². The third kappa shape index (κ3) is 6.08. The first-order chi connectivity index (χ1) is 11.7. The normalized spacial score (nSPS) is 12.3. The second-order valence-corrected chi connectivity index (χ2v) is 7.39. The van der Waals surface area contributed by atoms with E-state index in [-0.39, 0.29) is 23.6 Å². The fraction of sp³-hybridized carbons (Fsp3) is 0.500. The van der Waals surface area contributed by atoms with Crippen LogP contribution in [0.15, 0.2) is 29.2 Å². The average Bonchev–Trinajstić information content (AvgIpc) is 2.57. The van der Waals surface area contributed by atoms with E-state index in [1.165, 1.54) is 18.7 Å². The molecule has 0 heterocycles. The summed E-state index contributed by atoms with van der Waals surface area (Å²) in [6.07, 6.45) is 0.927. The maximum atomic E-state index is 12.3. The number of carbonyl (C=O) groups is 3. The van der Waals surface area contributed by atoms with Crippen LogP contribution in [0.3, 0.4) is 0 Å². The summed E-state index contributed by atoms with van der Waals surface area (Å²) in [4.78, 5) is 35.7. The van der Waals surface area contributed by atoms with Crippen LogP contribution in [0.1, 0.15) is 40.5 Å². The first-order valence-electron chi connectivity index (χ1n) is 8.29. The van der Waals surface area contributed by atoms with Crippen LogP contribution in [-0.4, -0.2) is 34.7 Å². The number of carbonyl (C=O) groups excluding carboxylic acids is 2. The number of aliphatic carboxylic acids is 1. The zero-order valence-corrected chi connectivity index (χ0v) is 15.9. The molecule has 0 radical (unpaired) electrons. The highest BCUT2D eigenvalue weighted by molar-refractivity contribution is 8.00. The second kappa shape index (κ2) is 9.46. The van der Waals surface area contributed by atoms with Gasteiger partial charge in [-0.3, -0.25) is 14.4 Å². The molecular formula is C18H26N2O4S. The monoisotopic (exact) mass is 366 g/mol. The van der Waals surface area contributed by atoms with Gasteiger partial charge >= 0.3 is 5.97 Å². The highest BCUT2D eigenvalue weighted by Gasteiger charge is 2.35. The molecule has 0 spiro atoms. The Morgan fingerprint density at radius 2 is 1.72 bits per heavy atom. The minimum absolute atomic E-state index is 0.126. The van der Waals surface area contributed by atoms with Gasteiger partial charge in [0.1, 0.15) is 0 Å². The van der Waals surface area contributed by atoms with Crippen molar-refractivity contribution in [2.75, 3.05) is 11.9 Å². The fourth-order valence-corrected chi connectivity index (χ4v) is 3.25. The van der Waals surface area contributed by atoms with Gasteiger partial charge < -0.3 is 15.7 Å². The lowest BCUT2D eigenvalue weighted by Gasteiger charge is -2.27. The third-order valence-electron chi connectivity index (χ3n) is 4.27. The number of amides is 2. The van der Waals surface area contributed by atoms with Crippen molar-refractivity contribution < 1.29 is 19.5 Å². The standard InChI is InChI=1S/C18H26N2O4S/c1-5-18(6-2,17(23)24)11-19-16(22)12(3)25-15-9-7-14(8-10-15)20-13(4)21/h7-10,12H,5-6,11H2,1-4H3,(H,19,22)(H,20,21)(H,23,24). The van der Waals surface area contributed by atoms with Crippen molar-refractivity contribution in [2.24, 2.45) is 5.41 Å². The Hall–Kier alpha value is -2.02. The summed E-state index contributed by atoms with van der Waals surface area (Å²) in [5.41, 5.74) is -0.217. The highest BCUT2D eigenvalue weighted by atomic mass is 32.2. The second-order valence-electron chi connectivity index (χ2n) is 5.98. The Morgan fingerprint density at radius 1 is 1.16 bits per heavy atom. The molecule has 3 N–H and O–H groups in total. The van der Waals surface area contributed by atoms with Gasteiger partial charge in [0.05, 0.1) is 10.7 Å². The zero-order chi connectivity index (χ0) is 19.0. The minimum atomic E-state index is -0.917. The van der Waals surface area contributed by atoms with Crippen LogP contribution in [0.5, 0.6) is 0 Å². The molecule has 0 bridgehead atoms. The Morgan fingerprint density at radius 3 is 2.16 bits per heavy atom. The van der Waals surface area contributed by atoms with Gasteiger partial charge in [-0.1, -0.05) is 13.8 Å². The molecule has 1 aromatic rings. The summed E-state index contributed by atoms with van der Waals surface area (Å²) in [5.74, 6) is -1.21. The van der Waals surface area contributed by atoms with Crippen LogP contribution in [-0.2, 0) is 14.4 Å². The molecule has 1 unspecified atom stereocenters. The molecule has 0 fully saturated rings. The van der Waals surface area contributed by atoms with Gasteiger partial charge in [0.25, 0.3) is 0 Å². The smallest absolute Gasteiger partial charge is 0.311 e. The summed E-state index contributed by atoms with van der Waals surface area (Å²) >= 11 is 1.38. The quantitative estimate of drug-likeness (QED) is 0.584. The van der Waals surface area contributed by atoms with Crippen molar-refractivity contribution in [3.05, 3.63) is 24.3 Å². The van der Waals surface area contributed by atoms with E-state index in [1.807, 2.05) is 26.0 Å². The number of hydrogen-bond donors (Lipinski definition) is 3. The van der Waals surface area contributed by atoms with E-state index < -0.39 is 11.4 Å². The lowest BCUT2D eigenvalue weighted by molar-refractivity contribution is -0.149. The van der Waals surface area contributed by atoms with Crippen molar-refractivity contribution in [3.8, 4) is 0 Å². The molecule has 0 aliphatic carbocycles. The first-order valence-corrected chi connectivity index (χ1v) is 9.17. The van der Waals surface area contributed by atoms with Gasteiger partial charge in [-0.2, -0.15) is 0 Å². The van der Waals surface area contributed by atoms with Crippen molar-refractivity contribution in [2.45, 2.75) is 50.7 Å². The highest BCUT2D eigenvalue weighted by Crippen LogP contribution is 2.27. The third-order valence-corrected chi connectivity index (χ3v) is 5.38. The number of hydrogen-bond acceptors (Lipinski definition) is 4. The van der Waals surface area contributed by atoms with Crippen LogP contribution in [0.25, 0.3) is 0 Å². The Balaban J connectivity index is 2.62. The fourth-order valence-electron chi connectivity index (χ4n) is 2.36. The van der Waals surface area contributed by atoms with Crippen molar-refractivity contribution >= 4 is 35.2 Å². The number of carboxylic acids is 1. The first kappa shape index (κ1) is 21.0. The van der Waals surface area contributed by atoms with Crippen LogP contribution in [0.2, 0.25) is 0 Å². The molecule has 0 aromatic heterocycles. The van der Waals surface area contributed by atoms with E-state index in [0.717, 1.165) is 4.90 Å². The number of rotatable bonds is 9. The molecule has 0 aliphatic heterocycles. The molecule has 1 aromatic carbocycles. The SMILES string of the molecule is CCC(CC)(CNC(=O)C(C)Sc1ccc(NC(C)=O)cc1)C(=O)O. The number of anilines is 1. The molecule has 0 saturated carbocycles. The van der Waals surface area contributed by atoms with Gasteiger partial charge in [0.2, 0.25) is 11.8 Å². The van der Waals surface area contributed by atoms with E-state index in [1.54, 1.807) is 19.1 Å². The van der Waals surface area contributed by atoms with Crippen molar-refractivity contribution in [1.82, 2.24) is 5.32 Å². The molecule has 2 amide bonds. The van der Waals surface area contributed by atoms with Gasteiger partial charge in [-0.15, -0.1) is 11.8 Å². The van der Waals surface area contributed by atoms with Crippen molar-refractivity contribution in [1.29, 1.82) is 0 Å². The van der Waals surface area contributed by atoms with Gasteiger partial charge in [-0.05, 0) is 44.0 Å². The Labute approximate surface area is 152 Å². The zero-order valence-electron chi connectivity index (χ0n) is 15.1. The van der Waals surface area contributed by atoms with Crippen LogP contribution >= 0.6 is 11.8 Å². The molecule has 0 saturated heterocycles. The van der Waals surface area contributed by atoms with Crippen LogP contribution in [0, 0.1) is 5.41 Å². The molecule has 1 rings (SSSR count). The Kier molecular flexibility index (Phi) is 7.96. The number of carboxylic acid groups (broad SMARTS) is 1. The molecule has 25 heavy (non-hydrogen) atoms. The lowest BCUT2D eigenvalue weighted by Crippen LogP contribution is -2.44. The number of benzene rings is 1. The predicted octanol–water partition coefficient (Wildman–Crippen LogP) is 3.13. The van der Waals surface area contributed by atoms with Crippen molar-refractivity contribution in [3.63, 3.8) is 0 Å². The van der Waals surface area contributed by atoms with E-state index >= 15 is 0 Å². The topological polar surface area (TPSA) is 95.5 Å². The van der Waals surface area contributed by atoms with E-state index in [9.17, 15) is 19.5 Å². The summed E-state index contributed by atoms with van der Waals surface area (Å²) in [7, 11) is 0. The predicted molar refractivity (Wildman–Crippen MR) is 99.7 cm³/mol. The lowest BCUT2D eigenvalue weighted by atomic mass is 9.82. The molecule has 1 atom stereocenters. The number of thioether (sulfide) groups is 1. The maximum absolute atomic E-state index is 12.3. The number of nitrogens with one attached hydrogen (secondary N) is 2. The molecular weight excluding hydrogens is 340 g/mol. The Bertz CT molecular complexity index is 612. The largest absolute Gasteiger partial charge is 0.481 e. The molecule has 0 aliphatic rings.